The minimum Gasteiger partial charge on any atom is -0.351 e. The molecule has 1 aromatic carbocycles. The second-order valence-electron chi connectivity index (χ2n) is 7.71. The summed E-state index contributed by atoms with van der Waals surface area (Å²) in [5, 5.41) is 6.40. The molecule has 0 radical (unpaired) electrons. The highest BCUT2D eigenvalue weighted by molar-refractivity contribution is 6.04. The molecule has 5 nitrogen and oxygen atoms in total. The summed E-state index contributed by atoms with van der Waals surface area (Å²) in [6, 6.07) is 8.41. The van der Waals surface area contributed by atoms with Crippen LogP contribution in [0.15, 0.2) is 24.3 Å². The lowest BCUT2D eigenvalue weighted by Gasteiger charge is -2.20. The van der Waals surface area contributed by atoms with Crippen LogP contribution in [0, 0.1) is 6.92 Å². The molecule has 2 aromatic rings. The lowest BCUT2D eigenvalue weighted by Crippen LogP contribution is -2.19. The first kappa shape index (κ1) is 18.4. The minimum absolute atomic E-state index is 0.190. The van der Waals surface area contributed by atoms with E-state index in [-0.39, 0.29) is 5.91 Å². The van der Waals surface area contributed by atoms with Crippen molar-refractivity contribution >= 4 is 17.5 Å². The fraction of sp³-hybridized carbons (Fsp3) is 0.476. The fourth-order valence-electron chi connectivity index (χ4n) is 3.03. The number of nitrogens with zero attached hydrogens (tertiary/aromatic N) is 2. The molecule has 0 unspecified atom stereocenters. The van der Waals surface area contributed by atoms with Crippen molar-refractivity contribution in [2.75, 3.05) is 10.6 Å². The Kier molecular flexibility index (Phi) is 5.25. The summed E-state index contributed by atoms with van der Waals surface area (Å²) in [6.07, 6.45) is 2.27. The number of carbonyl (C=O) groups is 1. The van der Waals surface area contributed by atoms with Crippen LogP contribution < -0.4 is 10.6 Å². The number of benzene rings is 1. The largest absolute Gasteiger partial charge is 0.351 e. The number of para-hydroxylation sites is 1. The Morgan fingerprint density at radius 1 is 1.08 bits per heavy atom. The van der Waals surface area contributed by atoms with Crippen LogP contribution in [0.2, 0.25) is 0 Å². The van der Waals surface area contributed by atoms with E-state index in [1.165, 1.54) is 0 Å². The van der Waals surface area contributed by atoms with E-state index < -0.39 is 0 Å². The fourth-order valence-corrected chi connectivity index (χ4v) is 3.03. The zero-order valence-corrected chi connectivity index (χ0v) is 16.3. The monoisotopic (exact) mass is 352 g/mol. The third-order valence-corrected chi connectivity index (χ3v) is 4.61. The number of rotatable bonds is 6. The van der Waals surface area contributed by atoms with E-state index in [1.807, 2.05) is 6.92 Å². The molecule has 1 aromatic heterocycles. The van der Waals surface area contributed by atoms with Crippen molar-refractivity contribution < 1.29 is 4.79 Å². The van der Waals surface area contributed by atoms with E-state index in [2.05, 4.69) is 66.5 Å². The van der Waals surface area contributed by atoms with Crippen LogP contribution in [0.5, 0.6) is 0 Å². The molecule has 0 spiro atoms. The van der Waals surface area contributed by atoms with E-state index in [1.54, 1.807) is 6.07 Å². The Hall–Kier alpha value is -2.43. The number of amides is 1. The smallest absolute Gasteiger partial charge is 0.274 e. The maximum atomic E-state index is 12.9. The van der Waals surface area contributed by atoms with Gasteiger partial charge in [-0.2, -0.15) is 0 Å². The summed E-state index contributed by atoms with van der Waals surface area (Å²) < 4.78 is 0. The van der Waals surface area contributed by atoms with Gasteiger partial charge in [0.05, 0.1) is 0 Å². The van der Waals surface area contributed by atoms with Crippen molar-refractivity contribution in [3.8, 4) is 0 Å². The van der Waals surface area contributed by atoms with Crippen LogP contribution in [0.3, 0.4) is 0 Å². The number of hydrogen-bond donors (Lipinski definition) is 2. The number of nitrogens with one attached hydrogen (secondary N) is 2. The molecule has 0 bridgehead atoms. The van der Waals surface area contributed by atoms with Gasteiger partial charge in [0.2, 0.25) is 5.95 Å². The van der Waals surface area contributed by atoms with E-state index in [4.69, 9.17) is 0 Å². The van der Waals surface area contributed by atoms with Crippen molar-refractivity contribution in [2.45, 2.75) is 65.3 Å². The summed E-state index contributed by atoms with van der Waals surface area (Å²) in [5.41, 5.74) is 4.39. The number of carbonyl (C=O) groups excluding carboxylic acids is 1. The average Bonchev–Trinajstić information content (AvgIpc) is 3.37. The van der Waals surface area contributed by atoms with Gasteiger partial charge in [-0.1, -0.05) is 45.9 Å². The maximum absolute atomic E-state index is 12.9. The topological polar surface area (TPSA) is 66.9 Å². The van der Waals surface area contributed by atoms with Gasteiger partial charge in [0.1, 0.15) is 5.69 Å². The molecule has 2 N–H and O–H groups in total. The number of aromatic nitrogens is 2. The molecule has 0 saturated heterocycles. The number of aryl methyl sites for hydroxylation is 1. The summed E-state index contributed by atoms with van der Waals surface area (Å²) in [4.78, 5) is 21.8. The van der Waals surface area contributed by atoms with Crippen LogP contribution in [0.4, 0.5) is 11.6 Å². The molecule has 1 aliphatic rings. The lowest BCUT2D eigenvalue weighted by molar-refractivity contribution is 0.102. The van der Waals surface area contributed by atoms with Crippen LogP contribution in [-0.4, -0.2) is 21.9 Å². The van der Waals surface area contributed by atoms with Gasteiger partial charge in [-0.25, -0.2) is 9.97 Å². The predicted molar refractivity (Wildman–Crippen MR) is 106 cm³/mol. The Labute approximate surface area is 155 Å². The SMILES string of the molecule is Cc1cc(C(=O)Nc2c(C(C)C)cccc2C(C)C)nc(NC2CC2)n1. The molecule has 138 valence electrons. The Balaban J connectivity index is 1.91. The standard InChI is InChI=1S/C21H28N4O/c1-12(2)16-7-6-8-17(13(3)4)19(16)25-20(26)18-11-14(5)22-21(24-18)23-15-9-10-15/h6-8,11-13,15H,9-10H2,1-5H3,(H,25,26)(H,22,23,24). The van der Waals surface area contributed by atoms with Crippen LogP contribution in [0.25, 0.3) is 0 Å². The quantitative estimate of drug-likeness (QED) is 0.779. The summed E-state index contributed by atoms with van der Waals surface area (Å²) in [7, 11) is 0. The summed E-state index contributed by atoms with van der Waals surface area (Å²) >= 11 is 0. The molecule has 5 heteroatoms. The normalized spacial score (nSPS) is 14.0. The average molecular weight is 352 g/mol. The molecule has 3 rings (SSSR count). The van der Waals surface area contributed by atoms with E-state index in [0.29, 0.717) is 29.5 Å². The Bertz CT molecular complexity index is 783. The molecule has 1 amide bonds. The van der Waals surface area contributed by atoms with Gasteiger partial charge in [-0.3, -0.25) is 4.79 Å². The van der Waals surface area contributed by atoms with Crippen molar-refractivity contribution in [1.29, 1.82) is 0 Å². The van der Waals surface area contributed by atoms with E-state index in [9.17, 15) is 4.79 Å². The summed E-state index contributed by atoms with van der Waals surface area (Å²) in [6.45, 7) is 10.4. The van der Waals surface area contributed by atoms with Gasteiger partial charge >= 0.3 is 0 Å². The van der Waals surface area contributed by atoms with Gasteiger partial charge in [0, 0.05) is 17.4 Å². The second kappa shape index (κ2) is 7.44. The first-order chi connectivity index (χ1) is 12.3. The number of hydrogen-bond acceptors (Lipinski definition) is 4. The van der Waals surface area contributed by atoms with Crippen LogP contribution >= 0.6 is 0 Å². The second-order valence-corrected chi connectivity index (χ2v) is 7.71. The molecule has 26 heavy (non-hydrogen) atoms. The lowest BCUT2D eigenvalue weighted by atomic mass is 9.92. The van der Waals surface area contributed by atoms with E-state index in [0.717, 1.165) is 35.3 Å². The predicted octanol–water partition coefficient (Wildman–Crippen LogP) is 4.86. The third-order valence-electron chi connectivity index (χ3n) is 4.61. The van der Waals surface area contributed by atoms with Crippen molar-refractivity contribution in [3.05, 3.63) is 46.8 Å². The summed E-state index contributed by atoms with van der Waals surface area (Å²) in [5.74, 6) is 0.995. The van der Waals surface area contributed by atoms with Gasteiger partial charge in [0.15, 0.2) is 0 Å². The molecule has 1 fully saturated rings. The third kappa shape index (κ3) is 4.21. The molecular weight excluding hydrogens is 324 g/mol. The molecule has 0 atom stereocenters. The first-order valence-electron chi connectivity index (χ1n) is 9.41. The van der Waals surface area contributed by atoms with Gasteiger partial charge < -0.3 is 10.6 Å². The van der Waals surface area contributed by atoms with Crippen LogP contribution in [-0.2, 0) is 0 Å². The molecule has 1 heterocycles. The van der Waals surface area contributed by atoms with Crippen molar-refractivity contribution in [2.24, 2.45) is 0 Å². The van der Waals surface area contributed by atoms with Crippen molar-refractivity contribution in [1.82, 2.24) is 9.97 Å². The highest BCUT2D eigenvalue weighted by atomic mass is 16.1. The van der Waals surface area contributed by atoms with Crippen LogP contribution in [0.1, 0.15) is 79.7 Å². The molecule has 0 aliphatic heterocycles. The molecule has 1 aliphatic carbocycles. The minimum atomic E-state index is -0.190. The number of anilines is 2. The first-order valence-corrected chi connectivity index (χ1v) is 9.41. The zero-order valence-electron chi connectivity index (χ0n) is 16.3. The van der Waals surface area contributed by atoms with Crippen molar-refractivity contribution in [3.63, 3.8) is 0 Å². The highest BCUT2D eigenvalue weighted by Crippen LogP contribution is 2.32. The Morgan fingerprint density at radius 2 is 1.69 bits per heavy atom. The Morgan fingerprint density at radius 3 is 2.23 bits per heavy atom. The highest BCUT2D eigenvalue weighted by Gasteiger charge is 2.23. The van der Waals surface area contributed by atoms with Gasteiger partial charge in [-0.15, -0.1) is 0 Å². The van der Waals surface area contributed by atoms with E-state index >= 15 is 0 Å². The van der Waals surface area contributed by atoms with Gasteiger partial charge in [0.25, 0.3) is 5.91 Å². The zero-order chi connectivity index (χ0) is 18.8. The molecular formula is C21H28N4O. The maximum Gasteiger partial charge on any atom is 0.274 e. The van der Waals surface area contributed by atoms with Gasteiger partial charge in [-0.05, 0) is 48.8 Å². The molecule has 1 saturated carbocycles.